The minimum atomic E-state index is -3.59. The molecule has 11 heteroatoms. The Morgan fingerprint density at radius 3 is 2.32 bits per heavy atom. The van der Waals surface area contributed by atoms with Gasteiger partial charge in [0.05, 0.1) is 28.2 Å². The van der Waals surface area contributed by atoms with Crippen LogP contribution in [-0.2, 0) is 16.4 Å². The van der Waals surface area contributed by atoms with E-state index in [-0.39, 0.29) is 11.1 Å². The van der Waals surface area contributed by atoms with Gasteiger partial charge in [-0.05, 0) is 45.8 Å². The van der Waals surface area contributed by atoms with E-state index < -0.39 is 9.84 Å². The summed E-state index contributed by atoms with van der Waals surface area (Å²) in [7, 11) is -2.00. The summed E-state index contributed by atoms with van der Waals surface area (Å²) in [5, 5.41) is 7.68. The van der Waals surface area contributed by atoms with E-state index in [1.807, 2.05) is 24.3 Å². The van der Waals surface area contributed by atoms with E-state index in [0.717, 1.165) is 17.6 Å². The zero-order chi connectivity index (χ0) is 20.5. The van der Waals surface area contributed by atoms with E-state index in [1.54, 1.807) is 19.2 Å². The Labute approximate surface area is 180 Å². The molecule has 2 aromatic carbocycles. The lowest BCUT2D eigenvalue weighted by molar-refractivity contribution is 0.414. The highest BCUT2D eigenvalue weighted by Gasteiger charge is 2.19. The number of nitrogens with zero attached hydrogens (tertiary/aromatic N) is 3. The molecular formula is C17H15BrCl2N4O3S. The molecule has 7 nitrogen and oxygen atoms in total. The van der Waals surface area contributed by atoms with Crippen molar-refractivity contribution in [2.75, 3.05) is 18.7 Å². The van der Waals surface area contributed by atoms with E-state index in [0.29, 0.717) is 26.8 Å². The Hall–Kier alpha value is -1.81. The second-order valence-electron chi connectivity index (χ2n) is 5.87. The quantitative estimate of drug-likeness (QED) is 0.494. The van der Waals surface area contributed by atoms with Crippen LogP contribution >= 0.6 is 39.1 Å². The van der Waals surface area contributed by atoms with Crippen LogP contribution in [0.5, 0.6) is 5.75 Å². The number of hydrogen-bond donors (Lipinski definition) is 1. The van der Waals surface area contributed by atoms with Crippen LogP contribution < -0.4 is 10.1 Å². The number of halogens is 3. The maximum atomic E-state index is 11.9. The number of ether oxygens (including phenoxy) is 1. The molecule has 3 aromatic rings. The highest BCUT2D eigenvalue weighted by Crippen LogP contribution is 2.34. The van der Waals surface area contributed by atoms with E-state index in [9.17, 15) is 8.42 Å². The normalized spacial score (nSPS) is 11.5. The van der Waals surface area contributed by atoms with Crippen molar-refractivity contribution in [2.24, 2.45) is 0 Å². The van der Waals surface area contributed by atoms with Gasteiger partial charge in [0.25, 0.3) is 5.16 Å². The molecule has 1 aromatic heterocycles. The van der Waals surface area contributed by atoms with Crippen LogP contribution in [0.25, 0.3) is 0 Å². The van der Waals surface area contributed by atoms with Gasteiger partial charge in [-0.25, -0.2) is 13.1 Å². The fraction of sp³-hybridized carbons (Fsp3) is 0.176. The third kappa shape index (κ3) is 4.78. The molecule has 28 heavy (non-hydrogen) atoms. The van der Waals surface area contributed by atoms with Crippen LogP contribution in [0.4, 0.5) is 11.6 Å². The second-order valence-corrected chi connectivity index (χ2v) is 9.39. The smallest absolute Gasteiger partial charge is 0.268 e. The molecule has 0 spiro atoms. The Morgan fingerprint density at radius 1 is 1.18 bits per heavy atom. The summed E-state index contributed by atoms with van der Waals surface area (Å²) in [6.07, 6.45) is 1.05. The first-order valence-electron chi connectivity index (χ1n) is 7.87. The molecule has 0 saturated heterocycles. The largest absolute Gasteiger partial charge is 0.497 e. The molecule has 0 bridgehead atoms. The van der Waals surface area contributed by atoms with Crippen LogP contribution in [0.1, 0.15) is 5.56 Å². The number of sulfone groups is 1. The fourth-order valence-electron chi connectivity index (χ4n) is 2.34. The first-order valence-corrected chi connectivity index (χ1v) is 11.3. The zero-order valence-corrected chi connectivity index (χ0v) is 18.7. The topological polar surface area (TPSA) is 86.1 Å². The minimum absolute atomic E-state index is 0.241. The van der Waals surface area contributed by atoms with Gasteiger partial charge in [0.15, 0.2) is 0 Å². The van der Waals surface area contributed by atoms with Gasteiger partial charge in [-0.15, -0.1) is 5.10 Å². The van der Waals surface area contributed by atoms with Gasteiger partial charge in [-0.1, -0.05) is 35.3 Å². The summed E-state index contributed by atoms with van der Waals surface area (Å²) in [6.45, 7) is 0.298. The molecule has 1 N–H and O–H groups in total. The van der Waals surface area contributed by atoms with Crippen LogP contribution in [0.2, 0.25) is 10.0 Å². The van der Waals surface area contributed by atoms with Crippen molar-refractivity contribution in [3.05, 3.63) is 56.5 Å². The molecule has 0 aliphatic heterocycles. The number of aromatic nitrogens is 3. The monoisotopic (exact) mass is 504 g/mol. The van der Waals surface area contributed by atoms with Crippen molar-refractivity contribution < 1.29 is 13.2 Å². The van der Waals surface area contributed by atoms with Gasteiger partial charge in [0.1, 0.15) is 5.75 Å². The molecule has 0 aliphatic rings. The average molecular weight is 506 g/mol. The standard InChI is InChI=1S/C17H15BrCl2N4O3S/c1-27-12-5-3-10(4-6-12)9-24-16(22-17(23-24)28(2,25)26)21-11-7-13(19)15(18)14(20)8-11/h3-8H,9H2,1-2H3,(H,21,22,23). The Kier molecular flexibility index (Phi) is 6.18. The van der Waals surface area contributed by atoms with E-state index in [1.165, 1.54) is 4.68 Å². The van der Waals surface area contributed by atoms with E-state index >= 15 is 0 Å². The maximum Gasteiger partial charge on any atom is 0.268 e. The van der Waals surface area contributed by atoms with E-state index in [2.05, 4.69) is 31.3 Å². The first kappa shape index (κ1) is 20.9. The van der Waals surface area contributed by atoms with Gasteiger partial charge in [-0.3, -0.25) is 0 Å². The van der Waals surface area contributed by atoms with Gasteiger partial charge in [0, 0.05) is 11.9 Å². The molecule has 0 aliphatic carbocycles. The van der Waals surface area contributed by atoms with E-state index in [4.69, 9.17) is 27.9 Å². The summed E-state index contributed by atoms with van der Waals surface area (Å²) < 4.78 is 31.0. The highest BCUT2D eigenvalue weighted by molar-refractivity contribution is 9.10. The van der Waals surface area contributed by atoms with Crippen LogP contribution in [0.15, 0.2) is 46.0 Å². The number of nitrogens with one attached hydrogen (secondary N) is 1. The molecular weight excluding hydrogens is 491 g/mol. The lowest BCUT2D eigenvalue weighted by Crippen LogP contribution is -2.07. The molecule has 0 saturated carbocycles. The van der Waals surface area contributed by atoms with Gasteiger partial charge in [-0.2, -0.15) is 4.98 Å². The molecule has 0 amide bonds. The third-order valence-electron chi connectivity index (χ3n) is 3.72. The molecule has 148 valence electrons. The number of methoxy groups -OCH3 is 1. The van der Waals surface area contributed by atoms with Crippen LogP contribution in [0, 0.1) is 0 Å². The third-order valence-corrected chi connectivity index (χ3v) is 6.46. The number of benzene rings is 2. The van der Waals surface area contributed by atoms with Crippen molar-refractivity contribution in [3.8, 4) is 5.75 Å². The van der Waals surface area contributed by atoms with Crippen molar-refractivity contribution >= 4 is 60.6 Å². The number of anilines is 2. The molecule has 1 heterocycles. The van der Waals surface area contributed by atoms with Crippen molar-refractivity contribution in [1.82, 2.24) is 14.8 Å². The predicted molar refractivity (Wildman–Crippen MR) is 113 cm³/mol. The Bertz CT molecular complexity index is 1090. The molecule has 0 fully saturated rings. The van der Waals surface area contributed by atoms with Gasteiger partial charge >= 0.3 is 0 Å². The minimum Gasteiger partial charge on any atom is -0.497 e. The van der Waals surface area contributed by atoms with Crippen molar-refractivity contribution in [1.29, 1.82) is 0 Å². The second kappa shape index (κ2) is 8.28. The SMILES string of the molecule is COc1ccc(Cn2nc(S(C)(=O)=O)nc2Nc2cc(Cl)c(Br)c(Cl)c2)cc1. The summed E-state index contributed by atoms with van der Waals surface area (Å²) in [4.78, 5) is 4.12. The Balaban J connectivity index is 1.98. The van der Waals surface area contributed by atoms with Gasteiger partial charge in [0.2, 0.25) is 15.8 Å². The molecule has 3 rings (SSSR count). The summed E-state index contributed by atoms with van der Waals surface area (Å²) in [6, 6.07) is 10.6. The summed E-state index contributed by atoms with van der Waals surface area (Å²) in [5.74, 6) is 0.961. The lowest BCUT2D eigenvalue weighted by atomic mass is 10.2. The summed E-state index contributed by atoms with van der Waals surface area (Å²) in [5.41, 5.74) is 1.43. The zero-order valence-electron chi connectivity index (χ0n) is 14.8. The number of hydrogen-bond acceptors (Lipinski definition) is 6. The van der Waals surface area contributed by atoms with Crippen molar-refractivity contribution in [3.63, 3.8) is 0 Å². The average Bonchev–Trinajstić information content (AvgIpc) is 3.03. The lowest BCUT2D eigenvalue weighted by Gasteiger charge is -2.10. The molecule has 0 radical (unpaired) electrons. The van der Waals surface area contributed by atoms with Gasteiger partial charge < -0.3 is 10.1 Å². The molecule has 0 unspecified atom stereocenters. The van der Waals surface area contributed by atoms with Crippen LogP contribution in [-0.4, -0.2) is 36.5 Å². The highest BCUT2D eigenvalue weighted by atomic mass is 79.9. The van der Waals surface area contributed by atoms with Crippen molar-refractivity contribution in [2.45, 2.75) is 11.7 Å². The number of rotatable bonds is 6. The van der Waals surface area contributed by atoms with Crippen LogP contribution in [0.3, 0.4) is 0 Å². The first-order chi connectivity index (χ1) is 13.2. The summed E-state index contributed by atoms with van der Waals surface area (Å²) >= 11 is 15.6. The Morgan fingerprint density at radius 2 is 1.79 bits per heavy atom. The maximum absolute atomic E-state index is 11.9. The predicted octanol–water partition coefficient (Wildman–Crippen LogP) is 4.55. The molecule has 0 atom stereocenters. The fourth-order valence-corrected chi connectivity index (χ4v) is 3.56.